The van der Waals surface area contributed by atoms with E-state index in [0.29, 0.717) is 31.8 Å². The quantitative estimate of drug-likeness (QED) is 0.745. The molecule has 0 aromatic heterocycles. The second-order valence-electron chi connectivity index (χ2n) is 7.10. The molecule has 6 heteroatoms. The van der Waals surface area contributed by atoms with E-state index in [1.807, 2.05) is 0 Å². The Morgan fingerprint density at radius 2 is 1.90 bits per heavy atom. The van der Waals surface area contributed by atoms with Crippen molar-refractivity contribution in [2.24, 2.45) is 17.8 Å². The first-order chi connectivity index (χ1) is 10.1. The third-order valence-electron chi connectivity index (χ3n) is 5.50. The zero-order valence-electron chi connectivity index (χ0n) is 12.1. The van der Waals surface area contributed by atoms with E-state index in [0.717, 1.165) is 11.8 Å². The van der Waals surface area contributed by atoms with Crippen molar-refractivity contribution in [1.82, 2.24) is 15.5 Å². The Labute approximate surface area is 123 Å². The monoisotopic (exact) mass is 291 g/mol. The number of rotatable bonds is 4. The molecule has 1 atom stereocenters. The molecule has 4 amide bonds. The van der Waals surface area contributed by atoms with Gasteiger partial charge in [-0.15, -0.1) is 0 Å². The fraction of sp³-hybridized carbons (Fsp3) is 0.800. The summed E-state index contributed by atoms with van der Waals surface area (Å²) in [6, 6.07) is -0.442. The molecule has 21 heavy (non-hydrogen) atoms. The number of imide groups is 1. The van der Waals surface area contributed by atoms with Gasteiger partial charge in [0.2, 0.25) is 5.91 Å². The molecule has 114 valence electrons. The Morgan fingerprint density at radius 3 is 2.43 bits per heavy atom. The number of nitrogens with zero attached hydrogens (tertiary/aromatic N) is 1. The molecule has 6 nitrogen and oxygen atoms in total. The summed E-state index contributed by atoms with van der Waals surface area (Å²) in [4.78, 5) is 37.5. The van der Waals surface area contributed by atoms with Crippen molar-refractivity contribution >= 4 is 17.8 Å². The lowest BCUT2D eigenvalue weighted by Gasteiger charge is -2.23. The average molecular weight is 291 g/mol. The first-order valence-corrected chi connectivity index (χ1v) is 7.99. The van der Waals surface area contributed by atoms with Gasteiger partial charge in [-0.25, -0.2) is 4.79 Å². The molecule has 0 aromatic rings. The summed E-state index contributed by atoms with van der Waals surface area (Å²) >= 11 is 0. The molecule has 0 unspecified atom stereocenters. The van der Waals surface area contributed by atoms with E-state index < -0.39 is 11.6 Å². The summed E-state index contributed by atoms with van der Waals surface area (Å²) < 4.78 is 0. The van der Waals surface area contributed by atoms with Gasteiger partial charge in [0, 0.05) is 13.0 Å². The summed E-state index contributed by atoms with van der Waals surface area (Å²) in [6.07, 6.45) is 6.25. The SMILES string of the molecule is O=C1NC(=O)[C@]2(CCN(C(=O)CC(C3CC3)C3CC3)C2)N1. The number of carbonyl (C=O) groups excluding carboxylic acids is 3. The lowest BCUT2D eigenvalue weighted by atomic mass is 9.93. The van der Waals surface area contributed by atoms with Crippen LogP contribution in [0.2, 0.25) is 0 Å². The van der Waals surface area contributed by atoms with E-state index >= 15 is 0 Å². The van der Waals surface area contributed by atoms with Crippen molar-refractivity contribution in [3.8, 4) is 0 Å². The van der Waals surface area contributed by atoms with E-state index in [4.69, 9.17) is 0 Å². The normalized spacial score (nSPS) is 32.0. The second-order valence-corrected chi connectivity index (χ2v) is 7.10. The van der Waals surface area contributed by atoms with Gasteiger partial charge in [0.25, 0.3) is 5.91 Å². The van der Waals surface area contributed by atoms with E-state index in [9.17, 15) is 14.4 Å². The van der Waals surface area contributed by atoms with Gasteiger partial charge in [0.15, 0.2) is 0 Å². The maximum absolute atomic E-state index is 12.5. The van der Waals surface area contributed by atoms with Gasteiger partial charge in [-0.1, -0.05) is 0 Å². The van der Waals surface area contributed by atoms with Crippen LogP contribution >= 0.6 is 0 Å². The Hall–Kier alpha value is -1.59. The highest BCUT2D eigenvalue weighted by Crippen LogP contribution is 2.51. The van der Waals surface area contributed by atoms with E-state index in [2.05, 4.69) is 10.6 Å². The second kappa shape index (κ2) is 4.45. The van der Waals surface area contributed by atoms with Crippen LogP contribution in [0.5, 0.6) is 0 Å². The summed E-state index contributed by atoms with van der Waals surface area (Å²) in [7, 11) is 0. The van der Waals surface area contributed by atoms with Crippen LogP contribution in [0.25, 0.3) is 0 Å². The minimum atomic E-state index is -0.874. The number of nitrogens with one attached hydrogen (secondary N) is 2. The highest BCUT2D eigenvalue weighted by molar-refractivity contribution is 6.07. The van der Waals surface area contributed by atoms with Gasteiger partial charge in [-0.3, -0.25) is 14.9 Å². The van der Waals surface area contributed by atoms with Crippen LogP contribution in [-0.4, -0.2) is 41.4 Å². The molecular weight excluding hydrogens is 270 g/mol. The highest BCUT2D eigenvalue weighted by Gasteiger charge is 2.52. The Kier molecular flexibility index (Phi) is 2.78. The maximum Gasteiger partial charge on any atom is 0.322 e. The molecule has 0 bridgehead atoms. The molecule has 0 aromatic carbocycles. The van der Waals surface area contributed by atoms with Crippen molar-refractivity contribution in [2.75, 3.05) is 13.1 Å². The average Bonchev–Trinajstić information content (AvgIpc) is 3.35. The first-order valence-electron chi connectivity index (χ1n) is 7.99. The fourth-order valence-corrected chi connectivity index (χ4v) is 3.94. The van der Waals surface area contributed by atoms with Crippen LogP contribution in [0.1, 0.15) is 38.5 Å². The Morgan fingerprint density at radius 1 is 1.24 bits per heavy atom. The fourth-order valence-electron chi connectivity index (χ4n) is 3.94. The Balaban J connectivity index is 1.39. The van der Waals surface area contributed by atoms with Gasteiger partial charge < -0.3 is 10.2 Å². The molecule has 2 saturated heterocycles. The van der Waals surface area contributed by atoms with Crippen molar-refractivity contribution < 1.29 is 14.4 Å². The van der Waals surface area contributed by atoms with Crippen molar-refractivity contribution in [2.45, 2.75) is 44.1 Å². The summed E-state index contributed by atoms with van der Waals surface area (Å²) in [6.45, 7) is 0.889. The van der Waals surface area contributed by atoms with Crippen molar-refractivity contribution in [3.05, 3.63) is 0 Å². The molecule has 2 saturated carbocycles. The van der Waals surface area contributed by atoms with Crippen molar-refractivity contribution in [3.63, 3.8) is 0 Å². The third-order valence-corrected chi connectivity index (χ3v) is 5.50. The van der Waals surface area contributed by atoms with Gasteiger partial charge in [-0.2, -0.15) is 0 Å². The van der Waals surface area contributed by atoms with E-state index in [-0.39, 0.29) is 11.8 Å². The maximum atomic E-state index is 12.5. The molecular formula is C15H21N3O3. The third kappa shape index (κ3) is 2.30. The zero-order chi connectivity index (χ0) is 14.6. The Bertz CT molecular complexity index is 500. The number of likely N-dealkylation sites (tertiary alicyclic amines) is 1. The van der Waals surface area contributed by atoms with Gasteiger partial charge in [0.1, 0.15) is 5.54 Å². The van der Waals surface area contributed by atoms with Crippen LogP contribution in [0, 0.1) is 17.8 Å². The van der Waals surface area contributed by atoms with Crippen LogP contribution in [-0.2, 0) is 9.59 Å². The summed E-state index contributed by atoms with van der Waals surface area (Å²) in [5.74, 6) is 1.94. The van der Waals surface area contributed by atoms with Crippen LogP contribution < -0.4 is 10.6 Å². The lowest BCUT2D eigenvalue weighted by Crippen LogP contribution is -2.49. The molecule has 0 radical (unpaired) electrons. The van der Waals surface area contributed by atoms with Crippen molar-refractivity contribution in [1.29, 1.82) is 0 Å². The molecule has 4 rings (SSSR count). The zero-order valence-corrected chi connectivity index (χ0v) is 12.1. The summed E-state index contributed by atoms with van der Waals surface area (Å²) in [5.41, 5.74) is -0.874. The topological polar surface area (TPSA) is 78.5 Å². The predicted octanol–water partition coefficient (Wildman–Crippen LogP) is 0.623. The molecule has 2 heterocycles. The minimum absolute atomic E-state index is 0.157. The van der Waals surface area contributed by atoms with E-state index in [1.165, 1.54) is 25.7 Å². The first kappa shape index (κ1) is 13.1. The molecule has 4 fully saturated rings. The number of carbonyl (C=O) groups is 3. The molecule has 1 spiro atoms. The van der Waals surface area contributed by atoms with Gasteiger partial charge in [-0.05, 0) is 49.9 Å². The number of amides is 4. The predicted molar refractivity (Wildman–Crippen MR) is 74.2 cm³/mol. The number of urea groups is 1. The molecule has 4 aliphatic rings. The highest BCUT2D eigenvalue weighted by atomic mass is 16.2. The summed E-state index contributed by atoms with van der Waals surface area (Å²) in [5, 5.41) is 4.97. The minimum Gasteiger partial charge on any atom is -0.340 e. The largest absolute Gasteiger partial charge is 0.340 e. The smallest absolute Gasteiger partial charge is 0.322 e. The molecule has 2 aliphatic carbocycles. The van der Waals surface area contributed by atoms with Crippen LogP contribution in [0.4, 0.5) is 4.79 Å². The standard InChI is InChI=1S/C15H21N3O3/c19-12(7-11(9-1-2-9)10-3-4-10)18-6-5-15(8-18)13(20)16-14(21)17-15/h9-11H,1-8H2,(H2,16,17,20,21)/t15-/m1/s1. The van der Waals surface area contributed by atoms with E-state index in [1.54, 1.807) is 4.90 Å². The molecule has 2 N–H and O–H groups in total. The van der Waals surface area contributed by atoms with Crippen LogP contribution in [0.15, 0.2) is 0 Å². The number of hydrogen-bond acceptors (Lipinski definition) is 3. The van der Waals surface area contributed by atoms with Gasteiger partial charge in [0.05, 0.1) is 6.54 Å². The van der Waals surface area contributed by atoms with Crippen LogP contribution in [0.3, 0.4) is 0 Å². The number of hydrogen-bond donors (Lipinski definition) is 2. The lowest BCUT2D eigenvalue weighted by molar-refractivity contribution is -0.132. The molecule has 2 aliphatic heterocycles. The van der Waals surface area contributed by atoms with Gasteiger partial charge >= 0.3 is 6.03 Å².